The van der Waals surface area contributed by atoms with E-state index in [1.54, 1.807) is 36.2 Å². The number of nitrogens with one attached hydrogen (secondary N) is 1. The van der Waals surface area contributed by atoms with Crippen LogP contribution in [-0.4, -0.2) is 48.4 Å². The molecule has 31 heavy (non-hydrogen) atoms. The molecule has 2 fully saturated rings. The highest BCUT2D eigenvalue weighted by Crippen LogP contribution is 2.29. The average molecular weight is 429 g/mol. The molecule has 2 saturated carbocycles. The van der Waals surface area contributed by atoms with Gasteiger partial charge in [-0.05, 0) is 43.2 Å². The molecular formula is C25H36N2O4. The van der Waals surface area contributed by atoms with Crippen LogP contribution in [0.25, 0.3) is 0 Å². The Kier molecular flexibility index (Phi) is 8.10. The van der Waals surface area contributed by atoms with Gasteiger partial charge in [0.15, 0.2) is 6.61 Å². The molecule has 0 heterocycles. The van der Waals surface area contributed by atoms with Gasteiger partial charge in [-0.2, -0.15) is 0 Å². The molecule has 170 valence electrons. The largest absolute Gasteiger partial charge is 0.452 e. The number of hydrogen-bond donors (Lipinski definition) is 1. The zero-order chi connectivity index (χ0) is 22.4. The number of ether oxygens (including phenoxy) is 1. The van der Waals surface area contributed by atoms with E-state index in [0.717, 1.165) is 38.5 Å². The molecule has 2 aliphatic rings. The molecule has 1 aromatic carbocycles. The molecule has 0 aromatic heterocycles. The van der Waals surface area contributed by atoms with Crippen molar-refractivity contribution in [1.82, 2.24) is 10.2 Å². The molecule has 0 unspecified atom stereocenters. The molecule has 2 amide bonds. The second kappa shape index (κ2) is 10.8. The lowest BCUT2D eigenvalue weighted by Crippen LogP contribution is -2.45. The third kappa shape index (κ3) is 5.86. The molecule has 0 spiro atoms. The van der Waals surface area contributed by atoms with Crippen molar-refractivity contribution < 1.29 is 19.1 Å². The SMILES string of the molecule is C[C@@H]1[C@H](C)CCC[C@@H]1NC(=O)COC(=O)c1ccccc1C(=O)N(C)C1CCCCC1. The first kappa shape index (κ1) is 23.3. The Labute approximate surface area is 185 Å². The minimum absolute atomic E-state index is 0.118. The van der Waals surface area contributed by atoms with Gasteiger partial charge in [-0.3, -0.25) is 9.59 Å². The van der Waals surface area contributed by atoms with E-state index in [1.807, 2.05) is 0 Å². The lowest BCUT2D eigenvalue weighted by atomic mass is 9.78. The third-order valence-electron chi connectivity index (χ3n) is 7.21. The van der Waals surface area contributed by atoms with Crippen molar-refractivity contribution in [2.75, 3.05) is 13.7 Å². The summed E-state index contributed by atoms with van der Waals surface area (Å²) in [6, 6.07) is 7.02. The Morgan fingerprint density at radius 2 is 1.65 bits per heavy atom. The van der Waals surface area contributed by atoms with Crippen molar-refractivity contribution in [2.24, 2.45) is 11.8 Å². The van der Waals surface area contributed by atoms with Crippen molar-refractivity contribution in [3.8, 4) is 0 Å². The molecule has 3 atom stereocenters. The normalized spacial score (nSPS) is 24.3. The summed E-state index contributed by atoms with van der Waals surface area (Å²) in [5.41, 5.74) is 0.540. The Hall–Kier alpha value is -2.37. The van der Waals surface area contributed by atoms with Gasteiger partial charge >= 0.3 is 5.97 Å². The van der Waals surface area contributed by atoms with E-state index in [9.17, 15) is 14.4 Å². The van der Waals surface area contributed by atoms with Gasteiger partial charge in [0.2, 0.25) is 0 Å². The molecule has 0 radical (unpaired) electrons. The Morgan fingerprint density at radius 3 is 2.35 bits per heavy atom. The highest BCUT2D eigenvalue weighted by molar-refractivity contribution is 6.05. The predicted molar refractivity (Wildman–Crippen MR) is 120 cm³/mol. The highest BCUT2D eigenvalue weighted by Gasteiger charge is 2.29. The summed E-state index contributed by atoms with van der Waals surface area (Å²) in [6.45, 7) is 4.03. The molecule has 0 bridgehead atoms. The van der Waals surface area contributed by atoms with E-state index in [4.69, 9.17) is 4.74 Å². The molecule has 2 aliphatic carbocycles. The lowest BCUT2D eigenvalue weighted by molar-refractivity contribution is -0.125. The van der Waals surface area contributed by atoms with Gasteiger partial charge in [0.05, 0.1) is 11.1 Å². The smallest absolute Gasteiger partial charge is 0.339 e. The molecule has 1 aromatic rings. The summed E-state index contributed by atoms with van der Waals surface area (Å²) in [6.07, 6.45) is 8.68. The van der Waals surface area contributed by atoms with Gasteiger partial charge in [-0.1, -0.05) is 58.1 Å². The standard InChI is InChI=1S/C25H36N2O4/c1-17-10-9-15-22(18(17)2)26-23(28)16-31-25(30)21-14-8-7-13-20(21)24(29)27(3)19-11-5-4-6-12-19/h7-8,13-14,17-19,22H,4-6,9-12,15-16H2,1-3H3,(H,26,28)/t17-,18-,22+/m1/s1. The summed E-state index contributed by atoms with van der Waals surface area (Å²) in [5, 5.41) is 3.01. The second-order valence-electron chi connectivity index (χ2n) is 9.27. The highest BCUT2D eigenvalue weighted by atomic mass is 16.5. The fraction of sp³-hybridized carbons (Fsp3) is 0.640. The number of benzene rings is 1. The van der Waals surface area contributed by atoms with E-state index in [0.29, 0.717) is 17.4 Å². The van der Waals surface area contributed by atoms with Crippen LogP contribution in [0.15, 0.2) is 24.3 Å². The van der Waals surface area contributed by atoms with Crippen molar-refractivity contribution in [3.05, 3.63) is 35.4 Å². The van der Waals surface area contributed by atoms with Crippen LogP contribution in [-0.2, 0) is 9.53 Å². The minimum atomic E-state index is -0.638. The van der Waals surface area contributed by atoms with E-state index in [1.165, 1.54) is 12.8 Å². The number of amides is 2. The van der Waals surface area contributed by atoms with E-state index < -0.39 is 5.97 Å². The molecule has 0 saturated heterocycles. The summed E-state index contributed by atoms with van der Waals surface area (Å²) in [5.74, 6) is -0.125. The van der Waals surface area contributed by atoms with Gasteiger partial charge in [-0.25, -0.2) is 4.79 Å². The van der Waals surface area contributed by atoms with E-state index in [-0.39, 0.29) is 36.1 Å². The van der Waals surface area contributed by atoms with Crippen molar-refractivity contribution in [2.45, 2.75) is 77.3 Å². The quantitative estimate of drug-likeness (QED) is 0.690. The number of hydrogen-bond acceptors (Lipinski definition) is 4. The van der Waals surface area contributed by atoms with Gasteiger partial charge < -0.3 is 15.0 Å². The van der Waals surface area contributed by atoms with Crippen molar-refractivity contribution in [3.63, 3.8) is 0 Å². The van der Waals surface area contributed by atoms with Gasteiger partial charge in [0.25, 0.3) is 11.8 Å². The first-order chi connectivity index (χ1) is 14.9. The first-order valence-corrected chi connectivity index (χ1v) is 11.7. The molecular weight excluding hydrogens is 392 g/mol. The topological polar surface area (TPSA) is 75.7 Å². The molecule has 0 aliphatic heterocycles. The van der Waals surface area contributed by atoms with Crippen molar-refractivity contribution >= 4 is 17.8 Å². The number of carbonyl (C=O) groups is 3. The summed E-state index contributed by atoms with van der Waals surface area (Å²) in [4.78, 5) is 39.9. The maximum atomic E-state index is 13.1. The fourth-order valence-electron chi connectivity index (χ4n) is 4.91. The van der Waals surface area contributed by atoms with Gasteiger partial charge in [-0.15, -0.1) is 0 Å². The average Bonchev–Trinajstić information content (AvgIpc) is 2.80. The number of esters is 1. The van der Waals surface area contributed by atoms with Crippen LogP contribution in [0.5, 0.6) is 0 Å². The Bertz CT molecular complexity index is 787. The Balaban J connectivity index is 1.59. The monoisotopic (exact) mass is 428 g/mol. The fourth-order valence-corrected chi connectivity index (χ4v) is 4.91. The summed E-state index contributed by atoms with van der Waals surface area (Å²) >= 11 is 0. The van der Waals surface area contributed by atoms with Crippen molar-refractivity contribution in [1.29, 1.82) is 0 Å². The van der Waals surface area contributed by atoms with E-state index in [2.05, 4.69) is 19.2 Å². The van der Waals surface area contributed by atoms with Crippen LogP contribution in [0.2, 0.25) is 0 Å². The minimum Gasteiger partial charge on any atom is -0.452 e. The summed E-state index contributed by atoms with van der Waals surface area (Å²) < 4.78 is 5.29. The maximum absolute atomic E-state index is 13.1. The number of rotatable bonds is 6. The van der Waals surface area contributed by atoms with Crippen LogP contribution in [0, 0.1) is 11.8 Å². The first-order valence-electron chi connectivity index (χ1n) is 11.7. The molecule has 1 N–H and O–H groups in total. The number of nitrogens with zero attached hydrogens (tertiary/aromatic N) is 1. The third-order valence-corrected chi connectivity index (χ3v) is 7.21. The number of carbonyl (C=O) groups excluding carboxylic acids is 3. The van der Waals surface area contributed by atoms with Gasteiger partial charge in [0.1, 0.15) is 0 Å². The Morgan fingerprint density at radius 1 is 0.968 bits per heavy atom. The maximum Gasteiger partial charge on any atom is 0.339 e. The molecule has 6 heteroatoms. The lowest BCUT2D eigenvalue weighted by Gasteiger charge is -2.34. The van der Waals surface area contributed by atoms with Crippen LogP contribution < -0.4 is 5.32 Å². The molecule has 6 nitrogen and oxygen atoms in total. The second-order valence-corrected chi connectivity index (χ2v) is 9.27. The van der Waals surface area contributed by atoms with E-state index >= 15 is 0 Å². The van der Waals surface area contributed by atoms with Gasteiger partial charge in [0, 0.05) is 19.1 Å². The molecule has 3 rings (SSSR count). The predicted octanol–water partition coefficient (Wildman–Crippen LogP) is 4.19. The van der Waals surface area contributed by atoms with Crippen LogP contribution in [0.4, 0.5) is 0 Å². The van der Waals surface area contributed by atoms with Crippen LogP contribution >= 0.6 is 0 Å². The van der Waals surface area contributed by atoms with Crippen LogP contribution in [0.3, 0.4) is 0 Å². The summed E-state index contributed by atoms with van der Waals surface area (Å²) in [7, 11) is 1.81. The zero-order valence-electron chi connectivity index (χ0n) is 19.1. The zero-order valence-corrected chi connectivity index (χ0v) is 19.1. The van der Waals surface area contributed by atoms with Crippen LogP contribution in [0.1, 0.15) is 85.9 Å².